The highest BCUT2D eigenvalue weighted by atomic mass is 19.4. The number of methoxy groups -OCH3 is 1. The maximum atomic E-state index is 13.8. The molecule has 1 aliphatic rings. The number of aromatic nitrogens is 2. The van der Waals surface area contributed by atoms with Crippen molar-refractivity contribution < 1.29 is 37.7 Å². The van der Waals surface area contributed by atoms with Crippen LogP contribution in [-0.2, 0) is 22.3 Å². The van der Waals surface area contributed by atoms with Crippen molar-refractivity contribution in [2.45, 2.75) is 31.3 Å². The highest BCUT2D eigenvalue weighted by Gasteiger charge is 2.42. The van der Waals surface area contributed by atoms with Crippen LogP contribution in [0.3, 0.4) is 0 Å². The Kier molecular flexibility index (Phi) is 7.04. The predicted octanol–water partition coefficient (Wildman–Crippen LogP) is 1.36. The van der Waals surface area contributed by atoms with Gasteiger partial charge in [0.1, 0.15) is 11.3 Å². The van der Waals surface area contributed by atoms with Crippen molar-refractivity contribution in [1.82, 2.24) is 9.78 Å². The van der Waals surface area contributed by atoms with E-state index >= 15 is 0 Å². The third-order valence-electron chi connectivity index (χ3n) is 5.12. The van der Waals surface area contributed by atoms with Crippen molar-refractivity contribution in [1.29, 1.82) is 0 Å². The minimum atomic E-state index is -4.91. The van der Waals surface area contributed by atoms with E-state index in [4.69, 9.17) is 14.6 Å². The van der Waals surface area contributed by atoms with Gasteiger partial charge in [0, 0.05) is 6.54 Å². The van der Waals surface area contributed by atoms with Crippen LogP contribution in [0.25, 0.3) is 0 Å². The van der Waals surface area contributed by atoms with Crippen LogP contribution < -0.4 is 15.2 Å². The Morgan fingerprint density at radius 3 is 2.53 bits per heavy atom. The Labute approximate surface area is 180 Å². The Hall–Kier alpha value is -3.12. The standard InChI is InChI=1S/C20H22F3N3O6/c1-31-14-4-2-12(3-5-14)9-26-18(28)17(20(21,22)23)15(8-24-26)25-7-6-13(25)10-32-11-16(27)19(29)30/h2-5,8,13,16,27H,6-7,9-11H2,1H3,(H,29,30). The van der Waals surface area contributed by atoms with Gasteiger partial charge in [0.05, 0.1) is 44.8 Å². The molecule has 1 fully saturated rings. The number of alkyl halides is 3. The van der Waals surface area contributed by atoms with Crippen LogP contribution in [0.2, 0.25) is 0 Å². The van der Waals surface area contributed by atoms with Gasteiger partial charge in [-0.1, -0.05) is 12.1 Å². The van der Waals surface area contributed by atoms with Crippen LogP contribution in [0.15, 0.2) is 35.3 Å². The molecule has 0 amide bonds. The number of carboxylic acid groups (broad SMARTS) is 1. The summed E-state index contributed by atoms with van der Waals surface area (Å²) in [6.07, 6.45) is -5.14. The highest BCUT2D eigenvalue weighted by Crippen LogP contribution is 2.37. The van der Waals surface area contributed by atoms with E-state index in [1.54, 1.807) is 24.3 Å². The molecule has 9 nitrogen and oxygen atoms in total. The van der Waals surface area contributed by atoms with Crippen molar-refractivity contribution in [3.8, 4) is 5.75 Å². The molecule has 0 saturated carbocycles. The van der Waals surface area contributed by atoms with Crippen molar-refractivity contribution >= 4 is 11.7 Å². The SMILES string of the molecule is COc1ccc(Cn2ncc(N3CCC3COCC(O)C(=O)O)c(C(F)(F)F)c2=O)cc1. The third kappa shape index (κ3) is 5.19. The summed E-state index contributed by atoms with van der Waals surface area (Å²) in [5, 5.41) is 21.8. The smallest absolute Gasteiger partial charge is 0.423 e. The van der Waals surface area contributed by atoms with E-state index < -0.39 is 42.0 Å². The molecule has 0 spiro atoms. The van der Waals surface area contributed by atoms with Crippen LogP contribution >= 0.6 is 0 Å². The third-order valence-corrected chi connectivity index (χ3v) is 5.12. The molecule has 0 radical (unpaired) electrons. The van der Waals surface area contributed by atoms with Gasteiger partial charge in [-0.15, -0.1) is 0 Å². The van der Waals surface area contributed by atoms with Crippen LogP contribution in [0.5, 0.6) is 5.75 Å². The van der Waals surface area contributed by atoms with Crippen molar-refractivity contribution in [3.05, 3.63) is 51.9 Å². The lowest BCUT2D eigenvalue weighted by atomic mass is 10.0. The van der Waals surface area contributed by atoms with Crippen molar-refractivity contribution in [2.75, 3.05) is 31.8 Å². The summed E-state index contributed by atoms with van der Waals surface area (Å²) in [5.41, 5.74) is -2.37. The number of anilines is 1. The number of hydrogen-bond donors (Lipinski definition) is 2. The minimum absolute atomic E-state index is 0.101. The number of carbonyl (C=O) groups is 1. The van der Waals surface area contributed by atoms with Gasteiger partial charge in [0.15, 0.2) is 6.10 Å². The maximum absolute atomic E-state index is 13.8. The van der Waals surface area contributed by atoms with Crippen molar-refractivity contribution in [3.63, 3.8) is 0 Å². The number of hydrogen-bond acceptors (Lipinski definition) is 7. The molecule has 3 rings (SSSR count). The van der Waals surface area contributed by atoms with Gasteiger partial charge >= 0.3 is 12.1 Å². The van der Waals surface area contributed by atoms with Crippen molar-refractivity contribution in [2.24, 2.45) is 0 Å². The summed E-state index contributed by atoms with van der Waals surface area (Å²) in [4.78, 5) is 24.7. The van der Waals surface area contributed by atoms with E-state index in [0.717, 1.165) is 10.9 Å². The van der Waals surface area contributed by atoms with E-state index in [2.05, 4.69) is 5.10 Å². The highest BCUT2D eigenvalue weighted by molar-refractivity contribution is 5.72. The van der Waals surface area contributed by atoms with Gasteiger partial charge in [-0.05, 0) is 24.1 Å². The number of nitrogens with zero attached hydrogens (tertiary/aromatic N) is 3. The predicted molar refractivity (Wildman–Crippen MR) is 106 cm³/mol. The molecule has 1 saturated heterocycles. The molecule has 1 aromatic carbocycles. The molecule has 2 heterocycles. The average molecular weight is 457 g/mol. The second-order valence-corrected chi connectivity index (χ2v) is 7.24. The fourth-order valence-electron chi connectivity index (χ4n) is 3.30. The molecule has 12 heteroatoms. The zero-order valence-electron chi connectivity index (χ0n) is 17.1. The number of carboxylic acids is 1. The van der Waals surface area contributed by atoms with Crippen LogP contribution in [0, 0.1) is 0 Å². The maximum Gasteiger partial charge on any atom is 0.423 e. The summed E-state index contributed by atoms with van der Waals surface area (Å²) in [6.45, 7) is -0.488. The van der Waals surface area contributed by atoms with Gasteiger partial charge in [-0.25, -0.2) is 9.48 Å². The molecule has 1 aliphatic heterocycles. The number of ether oxygens (including phenoxy) is 2. The number of benzene rings is 1. The number of aliphatic carboxylic acids is 1. The molecular formula is C20H22F3N3O6. The number of aliphatic hydroxyl groups is 1. The molecular weight excluding hydrogens is 435 g/mol. The summed E-state index contributed by atoms with van der Waals surface area (Å²) in [5.74, 6) is -0.887. The number of halogens is 3. The second-order valence-electron chi connectivity index (χ2n) is 7.24. The zero-order chi connectivity index (χ0) is 23.5. The van der Waals surface area contributed by atoms with Crippen LogP contribution in [0.1, 0.15) is 17.5 Å². The summed E-state index contributed by atoms with van der Waals surface area (Å²) >= 11 is 0. The van der Waals surface area contributed by atoms with E-state index in [0.29, 0.717) is 17.7 Å². The van der Waals surface area contributed by atoms with E-state index in [1.807, 2.05) is 0 Å². The Morgan fingerprint density at radius 1 is 1.31 bits per heavy atom. The lowest BCUT2D eigenvalue weighted by molar-refractivity contribution is -0.150. The first kappa shape index (κ1) is 23.5. The topological polar surface area (TPSA) is 114 Å². The quantitative estimate of drug-likeness (QED) is 0.580. The molecule has 2 N–H and O–H groups in total. The first-order valence-corrected chi connectivity index (χ1v) is 9.67. The first-order valence-electron chi connectivity index (χ1n) is 9.67. The second kappa shape index (κ2) is 9.57. The summed E-state index contributed by atoms with van der Waals surface area (Å²) < 4.78 is 52.3. The normalized spacial score (nSPS) is 17.0. The number of rotatable bonds is 9. The molecule has 0 aliphatic carbocycles. The van der Waals surface area contributed by atoms with Crippen LogP contribution in [0.4, 0.5) is 18.9 Å². The van der Waals surface area contributed by atoms with Crippen LogP contribution in [-0.4, -0.2) is 65.0 Å². The van der Waals surface area contributed by atoms with E-state index in [9.17, 15) is 27.9 Å². The van der Waals surface area contributed by atoms with E-state index in [-0.39, 0.29) is 25.4 Å². The Morgan fingerprint density at radius 2 is 2.00 bits per heavy atom. The first-order chi connectivity index (χ1) is 15.1. The molecule has 2 atom stereocenters. The summed E-state index contributed by atoms with van der Waals surface area (Å²) in [7, 11) is 1.48. The molecule has 2 aromatic rings. The van der Waals surface area contributed by atoms with Gasteiger partial charge in [0.2, 0.25) is 0 Å². The van der Waals surface area contributed by atoms with Gasteiger partial charge < -0.3 is 24.6 Å². The number of aliphatic hydroxyl groups excluding tert-OH is 1. The lowest BCUT2D eigenvalue weighted by Crippen LogP contribution is -2.52. The molecule has 1 aromatic heterocycles. The fraction of sp³-hybridized carbons (Fsp3) is 0.450. The van der Waals surface area contributed by atoms with Gasteiger partial charge in [-0.2, -0.15) is 18.3 Å². The molecule has 174 valence electrons. The van der Waals surface area contributed by atoms with E-state index in [1.165, 1.54) is 12.0 Å². The zero-order valence-corrected chi connectivity index (χ0v) is 17.1. The Balaban J connectivity index is 1.81. The minimum Gasteiger partial charge on any atom is -0.497 e. The average Bonchev–Trinajstić information content (AvgIpc) is 2.71. The molecule has 0 bridgehead atoms. The molecule has 32 heavy (non-hydrogen) atoms. The van der Waals surface area contributed by atoms with Gasteiger partial charge in [-0.3, -0.25) is 4.79 Å². The lowest BCUT2D eigenvalue weighted by Gasteiger charge is -2.43. The molecule has 2 unspecified atom stereocenters. The fourth-order valence-corrected chi connectivity index (χ4v) is 3.30. The monoisotopic (exact) mass is 457 g/mol. The summed E-state index contributed by atoms with van der Waals surface area (Å²) in [6, 6.07) is 6.01. The largest absolute Gasteiger partial charge is 0.497 e. The van der Waals surface area contributed by atoms with Gasteiger partial charge in [0.25, 0.3) is 5.56 Å². The Bertz CT molecular complexity index is 1010.